The fraction of sp³-hybridized carbons (Fsp3) is 0.375. The van der Waals surface area contributed by atoms with Crippen LogP contribution in [-0.2, 0) is 0 Å². The Morgan fingerprint density at radius 1 is 1.25 bits per heavy atom. The molecule has 0 bridgehead atoms. The fourth-order valence-corrected chi connectivity index (χ4v) is 2.58. The Balaban J connectivity index is 1.78. The first-order valence-electron chi connectivity index (χ1n) is 6.97. The normalized spacial score (nSPS) is 15.4. The van der Waals surface area contributed by atoms with Crippen molar-refractivity contribution < 1.29 is 14.1 Å². The van der Waals surface area contributed by atoms with E-state index in [-0.39, 0.29) is 5.78 Å². The quantitative estimate of drug-likeness (QED) is 0.792. The van der Waals surface area contributed by atoms with Crippen LogP contribution in [0.5, 0.6) is 5.75 Å². The van der Waals surface area contributed by atoms with Crippen LogP contribution in [0.25, 0.3) is 11.3 Å². The summed E-state index contributed by atoms with van der Waals surface area (Å²) >= 11 is 0. The van der Waals surface area contributed by atoms with Crippen LogP contribution in [0.2, 0.25) is 0 Å². The van der Waals surface area contributed by atoms with E-state index < -0.39 is 0 Å². The fourth-order valence-electron chi connectivity index (χ4n) is 2.58. The minimum atomic E-state index is -0.0486. The summed E-state index contributed by atoms with van der Waals surface area (Å²) in [4.78, 5) is 11.5. The molecule has 0 aliphatic heterocycles. The first-order valence-corrected chi connectivity index (χ1v) is 6.97. The molecule has 0 unspecified atom stereocenters. The first kappa shape index (κ1) is 12.9. The molecule has 1 heterocycles. The van der Waals surface area contributed by atoms with Crippen LogP contribution in [0.15, 0.2) is 35.0 Å². The number of Topliss-reactive ketones (excluding diaryl/α,β-unsaturated/α-hetero) is 1. The number of carbonyl (C=O) groups excluding carboxylic acids is 1. The first-order chi connectivity index (χ1) is 9.74. The lowest BCUT2D eigenvalue weighted by Crippen LogP contribution is -2.10. The smallest absolute Gasteiger partial charge is 0.177 e. The lowest BCUT2D eigenvalue weighted by molar-refractivity contribution is 0.101. The van der Waals surface area contributed by atoms with E-state index in [4.69, 9.17) is 9.26 Å². The second-order valence-electron chi connectivity index (χ2n) is 5.17. The Labute approximate surface area is 117 Å². The number of hydrogen-bond acceptors (Lipinski definition) is 4. The molecule has 1 saturated carbocycles. The molecule has 1 fully saturated rings. The number of nitrogens with zero attached hydrogens (tertiary/aromatic N) is 1. The van der Waals surface area contributed by atoms with Crippen LogP contribution in [0.3, 0.4) is 0 Å². The second kappa shape index (κ2) is 5.49. The van der Waals surface area contributed by atoms with Gasteiger partial charge in [0.25, 0.3) is 0 Å². The predicted molar refractivity (Wildman–Crippen MR) is 74.8 cm³/mol. The monoisotopic (exact) mass is 271 g/mol. The van der Waals surface area contributed by atoms with E-state index in [0.29, 0.717) is 17.4 Å². The van der Waals surface area contributed by atoms with E-state index in [1.807, 2.05) is 24.3 Å². The minimum Gasteiger partial charge on any atom is -0.490 e. The van der Waals surface area contributed by atoms with Crippen LogP contribution in [0, 0.1) is 0 Å². The zero-order chi connectivity index (χ0) is 13.9. The van der Waals surface area contributed by atoms with Gasteiger partial charge >= 0.3 is 0 Å². The van der Waals surface area contributed by atoms with Crippen molar-refractivity contribution in [1.82, 2.24) is 5.16 Å². The van der Waals surface area contributed by atoms with E-state index in [1.165, 1.54) is 26.0 Å². The molecule has 1 aromatic heterocycles. The average Bonchev–Trinajstić information content (AvgIpc) is 3.10. The number of benzene rings is 1. The molecule has 0 atom stereocenters. The molecule has 4 heteroatoms. The Kier molecular flexibility index (Phi) is 3.54. The van der Waals surface area contributed by atoms with Crippen molar-refractivity contribution in [2.45, 2.75) is 38.7 Å². The van der Waals surface area contributed by atoms with Crippen molar-refractivity contribution in [3.63, 3.8) is 0 Å². The van der Waals surface area contributed by atoms with Crippen molar-refractivity contribution in [2.24, 2.45) is 0 Å². The third kappa shape index (κ3) is 2.59. The van der Waals surface area contributed by atoms with Crippen molar-refractivity contribution in [1.29, 1.82) is 0 Å². The summed E-state index contributed by atoms with van der Waals surface area (Å²) in [5, 5.41) is 3.70. The molecule has 0 saturated heterocycles. The molecular formula is C16H17NO3. The largest absolute Gasteiger partial charge is 0.490 e. The van der Waals surface area contributed by atoms with E-state index in [9.17, 15) is 4.79 Å². The van der Waals surface area contributed by atoms with Gasteiger partial charge in [0.05, 0.1) is 17.9 Å². The number of ether oxygens (including phenoxy) is 1. The highest BCUT2D eigenvalue weighted by Crippen LogP contribution is 2.28. The maximum Gasteiger partial charge on any atom is 0.177 e. The molecule has 0 radical (unpaired) electrons. The van der Waals surface area contributed by atoms with E-state index in [0.717, 1.165) is 24.2 Å². The molecule has 4 nitrogen and oxygen atoms in total. The molecule has 0 spiro atoms. The maximum absolute atomic E-state index is 11.5. The van der Waals surface area contributed by atoms with Crippen LogP contribution >= 0.6 is 0 Å². The second-order valence-corrected chi connectivity index (χ2v) is 5.17. The predicted octanol–water partition coefficient (Wildman–Crippen LogP) is 3.87. The van der Waals surface area contributed by atoms with E-state index in [1.54, 1.807) is 0 Å². The molecule has 1 aliphatic carbocycles. The lowest BCUT2D eigenvalue weighted by atomic mass is 10.1. The molecule has 1 aliphatic rings. The van der Waals surface area contributed by atoms with Crippen LogP contribution < -0.4 is 4.74 Å². The van der Waals surface area contributed by atoms with Crippen molar-refractivity contribution >= 4 is 5.78 Å². The molecule has 104 valence electrons. The third-order valence-electron chi connectivity index (χ3n) is 3.67. The summed E-state index contributed by atoms with van der Waals surface area (Å²) in [6.07, 6.45) is 6.59. The Hall–Kier alpha value is -2.10. The van der Waals surface area contributed by atoms with Crippen LogP contribution in [0.1, 0.15) is 43.0 Å². The van der Waals surface area contributed by atoms with Crippen molar-refractivity contribution in [3.05, 3.63) is 36.0 Å². The van der Waals surface area contributed by atoms with Gasteiger partial charge in [-0.1, -0.05) is 5.16 Å². The number of rotatable bonds is 4. The van der Waals surface area contributed by atoms with Gasteiger partial charge in [-0.15, -0.1) is 0 Å². The molecular weight excluding hydrogens is 254 g/mol. The number of aromatic nitrogens is 1. The molecule has 1 aromatic carbocycles. The molecule has 3 rings (SSSR count). The minimum absolute atomic E-state index is 0.0486. The highest BCUT2D eigenvalue weighted by atomic mass is 16.5. The summed E-state index contributed by atoms with van der Waals surface area (Å²) in [7, 11) is 0. The average molecular weight is 271 g/mol. The summed E-state index contributed by atoms with van der Waals surface area (Å²) in [5.41, 5.74) is 1.35. The number of carbonyl (C=O) groups is 1. The van der Waals surface area contributed by atoms with Gasteiger partial charge in [0.2, 0.25) is 0 Å². The van der Waals surface area contributed by atoms with Crippen LogP contribution in [-0.4, -0.2) is 17.0 Å². The van der Waals surface area contributed by atoms with E-state index >= 15 is 0 Å². The Morgan fingerprint density at radius 3 is 2.60 bits per heavy atom. The molecule has 0 N–H and O–H groups in total. The van der Waals surface area contributed by atoms with Gasteiger partial charge in [0.15, 0.2) is 11.5 Å². The lowest BCUT2D eigenvalue weighted by Gasteiger charge is -2.12. The highest BCUT2D eigenvalue weighted by Gasteiger charge is 2.17. The zero-order valence-electron chi connectivity index (χ0n) is 11.5. The molecule has 2 aromatic rings. The Morgan fingerprint density at radius 2 is 1.95 bits per heavy atom. The van der Waals surface area contributed by atoms with Gasteiger partial charge in [-0.3, -0.25) is 4.79 Å². The van der Waals surface area contributed by atoms with Crippen molar-refractivity contribution in [2.75, 3.05) is 0 Å². The van der Waals surface area contributed by atoms with E-state index in [2.05, 4.69) is 5.16 Å². The van der Waals surface area contributed by atoms with Gasteiger partial charge in [0, 0.05) is 5.56 Å². The standard InChI is InChI=1S/C16H17NO3/c1-11(18)15-10-17-20-16(15)12-6-8-14(9-7-12)19-13-4-2-3-5-13/h6-10,13H,2-5H2,1H3. The summed E-state index contributed by atoms with van der Waals surface area (Å²) in [6.45, 7) is 1.51. The SMILES string of the molecule is CC(=O)c1cnoc1-c1ccc(OC2CCCC2)cc1. The maximum atomic E-state index is 11.5. The number of ketones is 1. The highest BCUT2D eigenvalue weighted by molar-refractivity contribution is 5.99. The number of hydrogen-bond donors (Lipinski definition) is 0. The summed E-state index contributed by atoms with van der Waals surface area (Å²) in [5.74, 6) is 1.34. The van der Waals surface area contributed by atoms with Crippen LogP contribution in [0.4, 0.5) is 0 Å². The van der Waals surface area contributed by atoms with Gasteiger partial charge in [-0.05, 0) is 56.9 Å². The van der Waals surface area contributed by atoms with Gasteiger partial charge in [0.1, 0.15) is 5.75 Å². The Bertz CT molecular complexity index is 594. The van der Waals surface area contributed by atoms with Gasteiger partial charge in [-0.2, -0.15) is 0 Å². The zero-order valence-corrected chi connectivity index (χ0v) is 11.5. The molecule has 0 amide bonds. The third-order valence-corrected chi connectivity index (χ3v) is 3.67. The van der Waals surface area contributed by atoms with Gasteiger partial charge < -0.3 is 9.26 Å². The summed E-state index contributed by atoms with van der Waals surface area (Å²) < 4.78 is 11.1. The topological polar surface area (TPSA) is 52.3 Å². The van der Waals surface area contributed by atoms with Gasteiger partial charge in [-0.25, -0.2) is 0 Å². The van der Waals surface area contributed by atoms with Crippen molar-refractivity contribution in [3.8, 4) is 17.1 Å². The summed E-state index contributed by atoms with van der Waals surface area (Å²) in [6, 6.07) is 7.63. The molecule has 20 heavy (non-hydrogen) atoms.